The lowest BCUT2D eigenvalue weighted by Gasteiger charge is -2.21. The molecule has 1 fully saturated rings. The molecule has 3 nitrogen and oxygen atoms in total. The molecule has 1 unspecified atom stereocenters. The predicted molar refractivity (Wildman–Crippen MR) is 82.3 cm³/mol. The lowest BCUT2D eigenvalue weighted by Crippen LogP contribution is -2.27. The van der Waals surface area contributed by atoms with Crippen molar-refractivity contribution in [3.8, 4) is 11.8 Å². The summed E-state index contributed by atoms with van der Waals surface area (Å²) in [4.78, 5) is 4.81. The van der Waals surface area contributed by atoms with Crippen LogP contribution in [-0.4, -0.2) is 55.2 Å². The monoisotopic (exact) mass is 272 g/mol. The standard InChI is InChI=1S/C17H24N2O/c1-18-10-9-17(13-18)14-19(2)12-16-7-5-15(6-8-16)4-3-11-20/h5-8,17,20H,9-14H2,1-2H3. The van der Waals surface area contributed by atoms with E-state index in [9.17, 15) is 0 Å². The Hall–Kier alpha value is -1.34. The van der Waals surface area contributed by atoms with Crippen LogP contribution in [0.5, 0.6) is 0 Å². The lowest BCUT2D eigenvalue weighted by molar-refractivity contribution is 0.267. The Morgan fingerprint density at radius 2 is 2.10 bits per heavy atom. The average Bonchev–Trinajstić information content (AvgIpc) is 2.83. The zero-order chi connectivity index (χ0) is 14.4. The van der Waals surface area contributed by atoms with Crippen molar-refractivity contribution in [1.82, 2.24) is 9.80 Å². The largest absolute Gasteiger partial charge is 0.384 e. The van der Waals surface area contributed by atoms with Crippen LogP contribution in [0.2, 0.25) is 0 Å². The van der Waals surface area contributed by atoms with Gasteiger partial charge in [-0.2, -0.15) is 0 Å². The normalized spacial score (nSPS) is 19.1. The van der Waals surface area contributed by atoms with Crippen molar-refractivity contribution in [3.63, 3.8) is 0 Å². The molecule has 1 aliphatic rings. The van der Waals surface area contributed by atoms with Crippen molar-refractivity contribution < 1.29 is 5.11 Å². The molecule has 1 aromatic carbocycles. The van der Waals surface area contributed by atoms with Crippen LogP contribution in [0.4, 0.5) is 0 Å². The van der Waals surface area contributed by atoms with Gasteiger partial charge < -0.3 is 14.9 Å². The third kappa shape index (κ3) is 4.64. The topological polar surface area (TPSA) is 26.7 Å². The maximum absolute atomic E-state index is 8.67. The summed E-state index contributed by atoms with van der Waals surface area (Å²) in [5, 5.41) is 8.67. The molecule has 2 rings (SSSR count). The van der Waals surface area contributed by atoms with Crippen molar-refractivity contribution in [2.75, 3.05) is 40.3 Å². The van der Waals surface area contributed by atoms with Crippen molar-refractivity contribution in [3.05, 3.63) is 35.4 Å². The first kappa shape index (κ1) is 15.1. The van der Waals surface area contributed by atoms with E-state index < -0.39 is 0 Å². The fourth-order valence-electron chi connectivity index (χ4n) is 2.83. The number of rotatable bonds is 4. The van der Waals surface area contributed by atoms with E-state index in [2.05, 4.69) is 47.9 Å². The Morgan fingerprint density at radius 3 is 2.70 bits per heavy atom. The van der Waals surface area contributed by atoms with E-state index in [1.807, 2.05) is 12.1 Å². The fraction of sp³-hybridized carbons (Fsp3) is 0.529. The molecule has 1 aliphatic heterocycles. The molecule has 0 aromatic heterocycles. The molecule has 1 saturated heterocycles. The molecule has 1 heterocycles. The fourth-order valence-corrected chi connectivity index (χ4v) is 2.83. The summed E-state index contributed by atoms with van der Waals surface area (Å²) in [6.45, 7) is 4.52. The summed E-state index contributed by atoms with van der Waals surface area (Å²) in [5.74, 6) is 6.39. The third-order valence-electron chi connectivity index (χ3n) is 3.78. The molecule has 3 heteroatoms. The molecule has 1 N–H and O–H groups in total. The van der Waals surface area contributed by atoms with E-state index in [4.69, 9.17) is 5.11 Å². The molecule has 108 valence electrons. The van der Waals surface area contributed by atoms with Gasteiger partial charge >= 0.3 is 0 Å². The van der Waals surface area contributed by atoms with Crippen LogP contribution in [0.3, 0.4) is 0 Å². The van der Waals surface area contributed by atoms with Gasteiger partial charge in [-0.15, -0.1) is 0 Å². The Bertz CT molecular complexity index is 472. The predicted octanol–water partition coefficient (Wildman–Crippen LogP) is 1.41. The lowest BCUT2D eigenvalue weighted by atomic mass is 10.1. The first-order valence-corrected chi connectivity index (χ1v) is 7.23. The van der Waals surface area contributed by atoms with Crippen molar-refractivity contribution >= 4 is 0 Å². The van der Waals surface area contributed by atoms with Crippen LogP contribution < -0.4 is 0 Å². The summed E-state index contributed by atoms with van der Waals surface area (Å²) >= 11 is 0. The number of hydrogen-bond donors (Lipinski definition) is 1. The Morgan fingerprint density at radius 1 is 1.35 bits per heavy atom. The number of aliphatic hydroxyl groups excluding tert-OH is 1. The molecule has 1 atom stereocenters. The smallest absolute Gasteiger partial charge is 0.104 e. The summed E-state index contributed by atoms with van der Waals surface area (Å²) in [5.41, 5.74) is 2.27. The minimum absolute atomic E-state index is 0.0830. The van der Waals surface area contributed by atoms with E-state index in [-0.39, 0.29) is 6.61 Å². The number of hydrogen-bond acceptors (Lipinski definition) is 3. The molecule has 0 bridgehead atoms. The van der Waals surface area contributed by atoms with E-state index in [0.29, 0.717) is 0 Å². The zero-order valence-electron chi connectivity index (χ0n) is 12.5. The SMILES string of the molecule is CN1CCC(CN(C)Cc2ccc(C#CCO)cc2)C1. The Labute approximate surface area is 122 Å². The van der Waals surface area contributed by atoms with E-state index in [0.717, 1.165) is 24.6 Å². The minimum Gasteiger partial charge on any atom is -0.384 e. The summed E-state index contributed by atoms with van der Waals surface area (Å²) in [6.07, 6.45) is 1.32. The zero-order valence-corrected chi connectivity index (χ0v) is 12.5. The highest BCUT2D eigenvalue weighted by atomic mass is 16.2. The molecule has 1 aromatic rings. The molecule has 20 heavy (non-hydrogen) atoms. The van der Waals surface area contributed by atoms with Crippen molar-refractivity contribution in [2.45, 2.75) is 13.0 Å². The quantitative estimate of drug-likeness (QED) is 0.840. The van der Waals surface area contributed by atoms with Gasteiger partial charge in [0.2, 0.25) is 0 Å². The summed E-state index contributed by atoms with van der Waals surface area (Å²) < 4.78 is 0. The number of nitrogens with zero attached hydrogens (tertiary/aromatic N) is 2. The molecule has 0 spiro atoms. The number of aliphatic hydroxyl groups is 1. The first-order chi connectivity index (χ1) is 9.67. The van der Waals surface area contributed by atoms with Gasteiger partial charge in [0.15, 0.2) is 0 Å². The van der Waals surface area contributed by atoms with Gasteiger partial charge in [-0.05, 0) is 50.7 Å². The van der Waals surface area contributed by atoms with Crippen LogP contribution in [0.15, 0.2) is 24.3 Å². The van der Waals surface area contributed by atoms with Gasteiger partial charge in [-0.25, -0.2) is 0 Å². The minimum atomic E-state index is -0.0830. The van der Waals surface area contributed by atoms with E-state index in [1.54, 1.807) is 0 Å². The second-order valence-electron chi connectivity index (χ2n) is 5.77. The van der Waals surface area contributed by atoms with Gasteiger partial charge in [-0.1, -0.05) is 24.0 Å². The molecule has 0 amide bonds. The average molecular weight is 272 g/mol. The van der Waals surface area contributed by atoms with Crippen molar-refractivity contribution in [2.24, 2.45) is 5.92 Å². The summed E-state index contributed by atoms with van der Waals surface area (Å²) in [6, 6.07) is 8.29. The number of likely N-dealkylation sites (tertiary alicyclic amines) is 1. The second-order valence-corrected chi connectivity index (χ2v) is 5.77. The van der Waals surface area contributed by atoms with Gasteiger partial charge in [0.1, 0.15) is 6.61 Å². The Kier molecular flexibility index (Phi) is 5.60. The maximum Gasteiger partial charge on any atom is 0.104 e. The second kappa shape index (κ2) is 7.44. The number of benzene rings is 1. The van der Waals surface area contributed by atoms with Crippen LogP contribution >= 0.6 is 0 Å². The highest BCUT2D eigenvalue weighted by Crippen LogP contribution is 2.16. The highest BCUT2D eigenvalue weighted by Gasteiger charge is 2.20. The Balaban J connectivity index is 1.83. The van der Waals surface area contributed by atoms with Crippen molar-refractivity contribution in [1.29, 1.82) is 0 Å². The molecule has 0 saturated carbocycles. The van der Waals surface area contributed by atoms with E-state index in [1.165, 1.54) is 25.1 Å². The van der Waals surface area contributed by atoms with Crippen LogP contribution in [0, 0.1) is 17.8 Å². The van der Waals surface area contributed by atoms with Crippen LogP contribution in [-0.2, 0) is 6.54 Å². The third-order valence-corrected chi connectivity index (χ3v) is 3.78. The highest BCUT2D eigenvalue weighted by molar-refractivity contribution is 5.36. The molecular weight excluding hydrogens is 248 g/mol. The van der Waals surface area contributed by atoms with Gasteiger partial charge in [-0.3, -0.25) is 0 Å². The molecular formula is C17H24N2O. The maximum atomic E-state index is 8.67. The summed E-state index contributed by atoms with van der Waals surface area (Å²) in [7, 11) is 4.39. The van der Waals surface area contributed by atoms with Crippen LogP contribution in [0.25, 0.3) is 0 Å². The molecule has 0 aliphatic carbocycles. The first-order valence-electron chi connectivity index (χ1n) is 7.23. The molecule has 0 radical (unpaired) electrons. The van der Waals surface area contributed by atoms with E-state index >= 15 is 0 Å². The van der Waals surface area contributed by atoms with Crippen LogP contribution in [0.1, 0.15) is 17.5 Å². The van der Waals surface area contributed by atoms with Gasteiger partial charge in [0.05, 0.1) is 0 Å². The van der Waals surface area contributed by atoms with Gasteiger partial charge in [0.25, 0.3) is 0 Å². The van der Waals surface area contributed by atoms with Gasteiger partial charge in [0, 0.05) is 25.2 Å².